The van der Waals surface area contributed by atoms with Gasteiger partial charge in [-0.15, -0.1) is 0 Å². The number of nitrogens with one attached hydrogen (secondary N) is 1. The first-order valence-electron chi connectivity index (χ1n) is 5.69. The minimum Gasteiger partial charge on any atom is -0.300 e. The lowest BCUT2D eigenvalue weighted by molar-refractivity contribution is -0.141. The Morgan fingerprint density at radius 2 is 1.81 bits per heavy atom. The topological polar surface area (TPSA) is 66.5 Å². The summed E-state index contributed by atoms with van der Waals surface area (Å²) < 4.78 is 0. The quantitative estimate of drug-likeness (QED) is 0.629. The minimum atomic E-state index is -0.268. The van der Waals surface area contributed by atoms with Gasteiger partial charge in [0.2, 0.25) is 11.8 Å². The van der Waals surface area contributed by atoms with Crippen LogP contribution in [0.4, 0.5) is 0 Å². The first-order chi connectivity index (χ1) is 7.58. The zero-order chi connectivity index (χ0) is 11.7. The number of piperazine rings is 1. The van der Waals surface area contributed by atoms with Crippen LogP contribution in [-0.2, 0) is 14.4 Å². The fourth-order valence-corrected chi connectivity index (χ4v) is 2.44. The van der Waals surface area contributed by atoms with Crippen LogP contribution in [0.25, 0.3) is 0 Å². The molecule has 1 heterocycles. The predicted octanol–water partition coefficient (Wildman–Crippen LogP) is -0.155. The van der Waals surface area contributed by atoms with Crippen LogP contribution >= 0.6 is 0 Å². The molecule has 1 atom stereocenters. The highest BCUT2D eigenvalue weighted by molar-refractivity contribution is 6.00. The number of ketones is 1. The number of nitrogens with zero attached hydrogens (tertiary/aromatic N) is 1. The average Bonchev–Trinajstić information content (AvgIpc) is 2.25. The van der Waals surface area contributed by atoms with Crippen molar-refractivity contribution >= 4 is 17.6 Å². The Morgan fingerprint density at radius 1 is 1.19 bits per heavy atom. The molecular formula is C11H16N2O3. The SMILES string of the molecule is CC1C(=O)NC(=O)CN1C1CCC(=O)CC1. The van der Waals surface area contributed by atoms with Crippen LogP contribution in [0.3, 0.4) is 0 Å². The highest BCUT2D eigenvalue weighted by Gasteiger charge is 2.36. The number of hydrogen-bond donors (Lipinski definition) is 1. The fraction of sp³-hybridized carbons (Fsp3) is 0.727. The summed E-state index contributed by atoms with van der Waals surface area (Å²) in [5.41, 5.74) is 0. The number of rotatable bonds is 1. The van der Waals surface area contributed by atoms with Gasteiger partial charge in [-0.25, -0.2) is 0 Å². The number of hydrogen-bond acceptors (Lipinski definition) is 4. The van der Waals surface area contributed by atoms with Crippen LogP contribution in [0.1, 0.15) is 32.6 Å². The highest BCUT2D eigenvalue weighted by atomic mass is 16.2. The van der Waals surface area contributed by atoms with Gasteiger partial charge in [0, 0.05) is 18.9 Å². The van der Waals surface area contributed by atoms with Crippen molar-refractivity contribution in [3.05, 3.63) is 0 Å². The van der Waals surface area contributed by atoms with Gasteiger partial charge in [-0.05, 0) is 19.8 Å². The van der Waals surface area contributed by atoms with Gasteiger partial charge in [-0.2, -0.15) is 0 Å². The molecule has 2 rings (SSSR count). The molecule has 2 aliphatic rings. The Kier molecular flexibility index (Phi) is 3.05. The second kappa shape index (κ2) is 4.33. The van der Waals surface area contributed by atoms with Crippen LogP contribution in [0.2, 0.25) is 0 Å². The van der Waals surface area contributed by atoms with E-state index in [4.69, 9.17) is 0 Å². The summed E-state index contributed by atoms with van der Waals surface area (Å²) in [5.74, 6) is -0.176. The molecule has 1 unspecified atom stereocenters. The number of amides is 2. The summed E-state index contributed by atoms with van der Waals surface area (Å²) in [6, 6.07) is -0.0707. The molecule has 5 nitrogen and oxygen atoms in total. The molecule has 0 aromatic heterocycles. The maximum Gasteiger partial charge on any atom is 0.243 e. The van der Waals surface area contributed by atoms with Gasteiger partial charge in [-0.3, -0.25) is 24.6 Å². The molecule has 1 aliphatic heterocycles. The third-order valence-electron chi connectivity index (χ3n) is 3.45. The molecule has 0 bridgehead atoms. The lowest BCUT2D eigenvalue weighted by Gasteiger charge is -2.39. The number of carbonyl (C=O) groups is 3. The monoisotopic (exact) mass is 224 g/mol. The lowest BCUT2D eigenvalue weighted by Crippen LogP contribution is -2.60. The van der Waals surface area contributed by atoms with Crippen molar-refractivity contribution in [3.63, 3.8) is 0 Å². The van der Waals surface area contributed by atoms with E-state index < -0.39 is 0 Å². The van der Waals surface area contributed by atoms with Gasteiger partial charge >= 0.3 is 0 Å². The first-order valence-corrected chi connectivity index (χ1v) is 5.69. The minimum absolute atomic E-state index is 0.197. The molecule has 0 aromatic carbocycles. The number of Topliss-reactive ketones (excluding diaryl/α,β-unsaturated/α-hetero) is 1. The summed E-state index contributed by atoms with van der Waals surface area (Å²) in [7, 11) is 0. The van der Waals surface area contributed by atoms with Crippen LogP contribution in [-0.4, -0.2) is 41.1 Å². The Morgan fingerprint density at radius 3 is 2.44 bits per heavy atom. The molecule has 0 radical (unpaired) electrons. The summed E-state index contributed by atoms with van der Waals surface area (Å²) in [4.78, 5) is 35.8. The molecule has 1 saturated heterocycles. The summed E-state index contributed by atoms with van der Waals surface area (Å²) in [6.45, 7) is 2.07. The Labute approximate surface area is 94.2 Å². The maximum atomic E-state index is 11.5. The molecular weight excluding hydrogens is 208 g/mol. The van der Waals surface area contributed by atoms with Crippen LogP contribution in [0.15, 0.2) is 0 Å². The second-order valence-electron chi connectivity index (χ2n) is 4.53. The number of carbonyl (C=O) groups excluding carboxylic acids is 3. The van der Waals surface area contributed by atoms with E-state index in [0.717, 1.165) is 12.8 Å². The van der Waals surface area contributed by atoms with Crippen molar-refractivity contribution < 1.29 is 14.4 Å². The van der Waals surface area contributed by atoms with E-state index >= 15 is 0 Å². The highest BCUT2D eigenvalue weighted by Crippen LogP contribution is 2.23. The van der Waals surface area contributed by atoms with Crippen LogP contribution in [0, 0.1) is 0 Å². The van der Waals surface area contributed by atoms with Gasteiger partial charge in [0.25, 0.3) is 0 Å². The lowest BCUT2D eigenvalue weighted by atomic mass is 9.91. The van der Waals surface area contributed by atoms with E-state index in [1.807, 2.05) is 4.90 Å². The van der Waals surface area contributed by atoms with Gasteiger partial charge in [0.1, 0.15) is 5.78 Å². The third kappa shape index (κ3) is 2.14. The average molecular weight is 224 g/mol. The van der Waals surface area contributed by atoms with Crippen molar-refractivity contribution in [2.24, 2.45) is 0 Å². The predicted molar refractivity (Wildman–Crippen MR) is 56.6 cm³/mol. The molecule has 2 amide bonds. The first kappa shape index (κ1) is 11.3. The van der Waals surface area contributed by atoms with Crippen molar-refractivity contribution in [2.75, 3.05) is 6.54 Å². The van der Waals surface area contributed by atoms with E-state index in [0.29, 0.717) is 12.8 Å². The number of imide groups is 1. The zero-order valence-corrected chi connectivity index (χ0v) is 9.36. The fourth-order valence-electron chi connectivity index (χ4n) is 2.44. The van der Waals surface area contributed by atoms with Gasteiger partial charge in [0.05, 0.1) is 12.6 Å². The molecule has 88 valence electrons. The van der Waals surface area contributed by atoms with Crippen molar-refractivity contribution in [2.45, 2.75) is 44.7 Å². The van der Waals surface area contributed by atoms with E-state index in [1.165, 1.54) is 0 Å². The van der Waals surface area contributed by atoms with E-state index in [1.54, 1.807) is 6.92 Å². The smallest absolute Gasteiger partial charge is 0.243 e. The largest absolute Gasteiger partial charge is 0.300 e. The molecule has 0 aromatic rings. The molecule has 1 N–H and O–H groups in total. The Hall–Kier alpha value is -1.23. The maximum absolute atomic E-state index is 11.5. The molecule has 16 heavy (non-hydrogen) atoms. The molecule has 1 saturated carbocycles. The molecule has 1 aliphatic carbocycles. The zero-order valence-electron chi connectivity index (χ0n) is 9.36. The van der Waals surface area contributed by atoms with Crippen molar-refractivity contribution in [1.82, 2.24) is 10.2 Å². The summed E-state index contributed by atoms with van der Waals surface area (Å²) in [5, 5.41) is 2.32. The van der Waals surface area contributed by atoms with E-state index in [2.05, 4.69) is 5.32 Å². The molecule has 2 fully saturated rings. The summed E-state index contributed by atoms with van der Waals surface area (Å²) >= 11 is 0. The van der Waals surface area contributed by atoms with Gasteiger partial charge in [0.15, 0.2) is 0 Å². The van der Waals surface area contributed by atoms with E-state index in [9.17, 15) is 14.4 Å². The molecule has 0 spiro atoms. The third-order valence-corrected chi connectivity index (χ3v) is 3.45. The standard InChI is InChI=1S/C11H16N2O3/c1-7-11(16)12-10(15)6-13(7)8-2-4-9(14)5-3-8/h7-8H,2-6H2,1H3,(H,12,15,16). The normalized spacial score (nSPS) is 29.3. The van der Waals surface area contributed by atoms with Gasteiger partial charge in [-0.1, -0.05) is 0 Å². The Balaban J connectivity index is 2.04. The van der Waals surface area contributed by atoms with Crippen molar-refractivity contribution in [1.29, 1.82) is 0 Å². The van der Waals surface area contributed by atoms with Crippen molar-refractivity contribution in [3.8, 4) is 0 Å². The van der Waals surface area contributed by atoms with Crippen LogP contribution in [0.5, 0.6) is 0 Å². The van der Waals surface area contributed by atoms with Crippen LogP contribution < -0.4 is 5.32 Å². The Bertz CT molecular complexity index is 330. The summed E-state index contributed by atoms with van der Waals surface area (Å²) in [6.07, 6.45) is 2.68. The van der Waals surface area contributed by atoms with E-state index in [-0.39, 0.29) is 36.2 Å². The molecule has 5 heteroatoms. The second-order valence-corrected chi connectivity index (χ2v) is 4.53. The van der Waals surface area contributed by atoms with Gasteiger partial charge < -0.3 is 0 Å².